The van der Waals surface area contributed by atoms with Crippen molar-refractivity contribution in [2.24, 2.45) is 11.8 Å². The fourth-order valence-corrected chi connectivity index (χ4v) is 3.06. The Bertz CT molecular complexity index is 225. The minimum atomic E-state index is -0.375. The van der Waals surface area contributed by atoms with Crippen LogP contribution >= 0.6 is 0 Å². The SMILES string of the molecule is CCC.CCCCC(CCC)C1CCCCC1.CC[N+](=O)[O-]. The lowest BCUT2D eigenvalue weighted by atomic mass is 9.76. The van der Waals surface area contributed by atoms with E-state index >= 15 is 0 Å². The van der Waals surface area contributed by atoms with Crippen LogP contribution in [0.1, 0.15) is 105 Å². The van der Waals surface area contributed by atoms with Crippen molar-refractivity contribution in [2.45, 2.75) is 105 Å². The molecule has 0 N–H and O–H groups in total. The summed E-state index contributed by atoms with van der Waals surface area (Å²) in [4.78, 5) is 8.80. The van der Waals surface area contributed by atoms with Crippen LogP contribution in [0.4, 0.5) is 0 Å². The Morgan fingerprint density at radius 3 is 1.82 bits per heavy atom. The van der Waals surface area contributed by atoms with Gasteiger partial charge in [-0.2, -0.15) is 0 Å². The zero-order valence-corrected chi connectivity index (χ0v) is 15.9. The maximum Gasteiger partial charge on any atom is 0.201 e. The molecule has 22 heavy (non-hydrogen) atoms. The molecule has 1 saturated carbocycles. The molecule has 134 valence electrons. The van der Waals surface area contributed by atoms with Gasteiger partial charge in [-0.05, 0) is 11.8 Å². The number of hydrogen-bond donors (Lipinski definition) is 0. The Morgan fingerprint density at radius 2 is 1.45 bits per heavy atom. The Balaban J connectivity index is 0. The highest BCUT2D eigenvalue weighted by Crippen LogP contribution is 2.35. The molecule has 0 saturated heterocycles. The highest BCUT2D eigenvalue weighted by molar-refractivity contribution is 4.73. The number of nitro groups is 1. The molecule has 1 aliphatic rings. The van der Waals surface area contributed by atoms with E-state index in [2.05, 4.69) is 27.7 Å². The summed E-state index contributed by atoms with van der Waals surface area (Å²) in [6, 6.07) is 0. The molecule has 1 atom stereocenters. The lowest BCUT2D eigenvalue weighted by Crippen LogP contribution is -2.17. The molecule has 1 aliphatic carbocycles. The van der Waals surface area contributed by atoms with Gasteiger partial charge in [0.05, 0.1) is 0 Å². The summed E-state index contributed by atoms with van der Waals surface area (Å²) in [6.45, 7) is 10.5. The van der Waals surface area contributed by atoms with Crippen LogP contribution < -0.4 is 0 Å². The van der Waals surface area contributed by atoms with Gasteiger partial charge in [0.25, 0.3) is 0 Å². The van der Waals surface area contributed by atoms with Crippen molar-refractivity contribution in [1.29, 1.82) is 0 Å². The fraction of sp³-hybridized carbons (Fsp3) is 1.00. The first-order valence-electron chi connectivity index (χ1n) is 9.68. The summed E-state index contributed by atoms with van der Waals surface area (Å²) in [5.41, 5.74) is 0. The van der Waals surface area contributed by atoms with Crippen LogP contribution in [0, 0.1) is 22.0 Å². The van der Waals surface area contributed by atoms with Crippen molar-refractivity contribution >= 4 is 0 Å². The van der Waals surface area contributed by atoms with Crippen molar-refractivity contribution in [3.63, 3.8) is 0 Å². The van der Waals surface area contributed by atoms with Crippen LogP contribution in [0.15, 0.2) is 0 Å². The van der Waals surface area contributed by atoms with Gasteiger partial charge in [0, 0.05) is 11.8 Å². The van der Waals surface area contributed by atoms with E-state index in [0.717, 1.165) is 11.8 Å². The average molecular weight is 316 g/mol. The third-order valence-electron chi connectivity index (χ3n) is 4.16. The Labute approximate surface area is 139 Å². The van der Waals surface area contributed by atoms with Crippen molar-refractivity contribution in [3.8, 4) is 0 Å². The molecule has 3 nitrogen and oxygen atoms in total. The van der Waals surface area contributed by atoms with Gasteiger partial charge in [0.1, 0.15) is 0 Å². The third-order valence-corrected chi connectivity index (χ3v) is 4.16. The van der Waals surface area contributed by atoms with Gasteiger partial charge in [-0.1, -0.05) is 98.3 Å². The number of rotatable bonds is 7. The van der Waals surface area contributed by atoms with Gasteiger partial charge >= 0.3 is 0 Å². The average Bonchev–Trinajstić information content (AvgIpc) is 2.53. The molecule has 0 bridgehead atoms. The van der Waals surface area contributed by atoms with E-state index in [4.69, 9.17) is 0 Å². The Morgan fingerprint density at radius 1 is 0.955 bits per heavy atom. The van der Waals surface area contributed by atoms with Gasteiger partial charge in [-0.15, -0.1) is 0 Å². The molecule has 0 amide bonds. The molecule has 3 heteroatoms. The Kier molecular flexibility index (Phi) is 19.8. The fourth-order valence-electron chi connectivity index (χ4n) is 3.06. The quantitative estimate of drug-likeness (QED) is 0.380. The lowest BCUT2D eigenvalue weighted by molar-refractivity contribution is -0.475. The highest BCUT2D eigenvalue weighted by Gasteiger charge is 2.22. The molecule has 0 spiro atoms. The first-order valence-corrected chi connectivity index (χ1v) is 9.68. The first kappa shape index (κ1) is 23.7. The molecule has 0 aliphatic heterocycles. The maximum atomic E-state index is 9.17. The zero-order valence-electron chi connectivity index (χ0n) is 15.9. The molecule has 0 aromatic carbocycles. The van der Waals surface area contributed by atoms with E-state index in [9.17, 15) is 10.1 Å². The normalized spacial score (nSPS) is 15.9. The van der Waals surface area contributed by atoms with Crippen LogP contribution in [0.3, 0.4) is 0 Å². The van der Waals surface area contributed by atoms with Crippen molar-refractivity contribution in [1.82, 2.24) is 0 Å². The topological polar surface area (TPSA) is 43.1 Å². The van der Waals surface area contributed by atoms with Gasteiger partial charge in [0.2, 0.25) is 6.54 Å². The predicted molar refractivity (Wildman–Crippen MR) is 98.0 cm³/mol. The molecule has 1 rings (SSSR count). The second kappa shape index (κ2) is 18.4. The van der Waals surface area contributed by atoms with Crippen molar-refractivity contribution < 1.29 is 4.92 Å². The largest absolute Gasteiger partial charge is 0.265 e. The molecular formula is C19H41NO2. The van der Waals surface area contributed by atoms with Crippen LogP contribution in [0.2, 0.25) is 0 Å². The molecule has 0 aromatic rings. The monoisotopic (exact) mass is 315 g/mol. The predicted octanol–water partition coefficient (Wildman–Crippen LogP) is 6.87. The molecule has 1 unspecified atom stereocenters. The number of hydrogen-bond acceptors (Lipinski definition) is 2. The minimum Gasteiger partial charge on any atom is -0.265 e. The first-order chi connectivity index (χ1) is 10.6. The van der Waals surface area contributed by atoms with E-state index in [0.29, 0.717) is 0 Å². The van der Waals surface area contributed by atoms with Crippen LogP contribution in [0.5, 0.6) is 0 Å². The van der Waals surface area contributed by atoms with Crippen LogP contribution in [0.25, 0.3) is 0 Å². The van der Waals surface area contributed by atoms with Crippen LogP contribution in [-0.4, -0.2) is 11.5 Å². The molecule has 0 radical (unpaired) electrons. The maximum absolute atomic E-state index is 9.17. The van der Waals surface area contributed by atoms with Crippen molar-refractivity contribution in [2.75, 3.05) is 6.54 Å². The number of unbranched alkanes of at least 4 members (excludes halogenated alkanes) is 1. The summed E-state index contributed by atoms with van der Waals surface area (Å²) >= 11 is 0. The smallest absolute Gasteiger partial charge is 0.201 e. The highest BCUT2D eigenvalue weighted by atomic mass is 16.6. The minimum absolute atomic E-state index is 0.0278. The summed E-state index contributed by atoms with van der Waals surface area (Å²) in [5.74, 6) is 2.16. The van der Waals surface area contributed by atoms with Gasteiger partial charge < -0.3 is 0 Å². The second-order valence-corrected chi connectivity index (χ2v) is 6.45. The summed E-state index contributed by atoms with van der Waals surface area (Å²) in [7, 11) is 0. The third kappa shape index (κ3) is 15.8. The van der Waals surface area contributed by atoms with E-state index in [1.807, 2.05) is 0 Å². The molecule has 0 aromatic heterocycles. The van der Waals surface area contributed by atoms with Gasteiger partial charge in [-0.3, -0.25) is 10.1 Å². The Hall–Kier alpha value is -0.600. The van der Waals surface area contributed by atoms with E-state index in [1.165, 1.54) is 77.6 Å². The molecule has 1 fully saturated rings. The number of nitrogens with zero attached hydrogens (tertiary/aromatic N) is 1. The second-order valence-electron chi connectivity index (χ2n) is 6.45. The standard InChI is InChI=1S/C14H28.C3H8.C2H5NO2/c1-3-5-10-13(9-4-2)14-11-7-6-8-12-14;1-3-2;1-2-3(4)5/h13-14H,3-12H2,1-2H3;3H2,1-2H3;2H2,1H3. The summed E-state index contributed by atoms with van der Waals surface area (Å²) in [5, 5.41) is 9.17. The zero-order chi connectivity index (χ0) is 17.2. The van der Waals surface area contributed by atoms with E-state index in [1.54, 1.807) is 0 Å². The molecular weight excluding hydrogens is 274 g/mol. The van der Waals surface area contributed by atoms with Crippen molar-refractivity contribution in [3.05, 3.63) is 10.1 Å². The van der Waals surface area contributed by atoms with Crippen LogP contribution in [-0.2, 0) is 0 Å². The molecule has 0 heterocycles. The lowest BCUT2D eigenvalue weighted by Gasteiger charge is -2.30. The van der Waals surface area contributed by atoms with E-state index in [-0.39, 0.29) is 11.5 Å². The van der Waals surface area contributed by atoms with Gasteiger partial charge in [-0.25, -0.2) is 0 Å². The summed E-state index contributed by atoms with van der Waals surface area (Å²) in [6.07, 6.45) is 16.1. The summed E-state index contributed by atoms with van der Waals surface area (Å²) < 4.78 is 0. The van der Waals surface area contributed by atoms with Gasteiger partial charge in [0.15, 0.2) is 0 Å². The van der Waals surface area contributed by atoms with E-state index < -0.39 is 0 Å².